The summed E-state index contributed by atoms with van der Waals surface area (Å²) in [7, 11) is 0. The summed E-state index contributed by atoms with van der Waals surface area (Å²) < 4.78 is 4.46. The van der Waals surface area contributed by atoms with E-state index in [1.807, 2.05) is 6.08 Å². The summed E-state index contributed by atoms with van der Waals surface area (Å²) in [6.07, 6.45) is 3.89. The molecule has 0 spiro atoms. The Morgan fingerprint density at radius 3 is 2.71 bits per heavy atom. The van der Waals surface area contributed by atoms with Crippen LogP contribution in [-0.2, 0) is 9.53 Å². The molecule has 38 valence electrons. The average molecular weight is 98.1 g/mol. The zero-order chi connectivity index (χ0) is 5.11. The van der Waals surface area contributed by atoms with Crippen molar-refractivity contribution < 1.29 is 9.53 Å². The van der Waals surface area contributed by atoms with Crippen LogP contribution in [0.1, 0.15) is 12.8 Å². The fourth-order valence-corrected chi connectivity index (χ4v) is 0.431. The third-order valence-corrected chi connectivity index (χ3v) is 0.962. The maximum absolute atomic E-state index is 9.54. The van der Waals surface area contributed by atoms with Crippen LogP contribution in [0.5, 0.6) is 0 Å². The van der Waals surface area contributed by atoms with Crippen LogP contribution < -0.4 is 0 Å². The van der Waals surface area contributed by atoms with Crippen molar-refractivity contribution in [2.24, 2.45) is 0 Å². The highest BCUT2D eigenvalue weighted by Crippen LogP contribution is 2.16. The molecule has 0 amide bonds. The van der Waals surface area contributed by atoms with Gasteiger partial charge < -0.3 is 4.74 Å². The summed E-state index contributed by atoms with van der Waals surface area (Å²) in [5.41, 5.74) is 0. The van der Waals surface area contributed by atoms with E-state index < -0.39 is 0 Å². The Labute approximate surface area is 41.8 Å². The van der Waals surface area contributed by atoms with Gasteiger partial charge in [0.2, 0.25) is 0 Å². The molecule has 0 fully saturated rings. The number of allylic oxidation sites excluding steroid dienone is 2. The van der Waals surface area contributed by atoms with Gasteiger partial charge in [0.25, 0.3) is 6.47 Å². The number of ether oxygens (including phenoxy) is 1. The quantitative estimate of drug-likeness (QED) is 0.478. The van der Waals surface area contributed by atoms with Gasteiger partial charge in [-0.2, -0.15) is 0 Å². The molecule has 0 heterocycles. The highest BCUT2D eigenvalue weighted by Gasteiger charge is 2.04. The van der Waals surface area contributed by atoms with E-state index in [4.69, 9.17) is 0 Å². The molecule has 0 aromatic heterocycles. The third kappa shape index (κ3) is 0.796. The van der Waals surface area contributed by atoms with E-state index in [0.29, 0.717) is 6.47 Å². The van der Waals surface area contributed by atoms with Gasteiger partial charge in [0, 0.05) is 6.42 Å². The molecular formula is C5H6O2. The number of carbonyl (C=O) groups excluding carboxylic acids is 1. The summed E-state index contributed by atoms with van der Waals surface area (Å²) >= 11 is 0. The maximum Gasteiger partial charge on any atom is 0.298 e. The molecule has 0 saturated heterocycles. The van der Waals surface area contributed by atoms with Crippen molar-refractivity contribution in [1.29, 1.82) is 0 Å². The Hall–Kier alpha value is -0.790. The zero-order valence-electron chi connectivity index (χ0n) is 3.89. The lowest BCUT2D eigenvalue weighted by atomic mass is 10.1. The molecule has 0 atom stereocenters. The Balaban J connectivity index is 2.27. The highest BCUT2D eigenvalue weighted by molar-refractivity contribution is 5.40. The molecular weight excluding hydrogens is 92.1 g/mol. The molecule has 2 nitrogen and oxygen atoms in total. The molecule has 1 aliphatic carbocycles. The number of hydrogen-bond donors (Lipinski definition) is 0. The Bertz CT molecular complexity index is 105. The van der Waals surface area contributed by atoms with Crippen LogP contribution in [0, 0.1) is 0 Å². The van der Waals surface area contributed by atoms with Crippen LogP contribution in [0.25, 0.3) is 0 Å². The van der Waals surface area contributed by atoms with Crippen molar-refractivity contribution >= 4 is 6.47 Å². The smallest absolute Gasteiger partial charge is 0.298 e. The standard InChI is InChI=1S/C5H6O2/c6-4-7-5-2-1-3-5/h2,4H,1,3H2. The molecule has 1 aliphatic rings. The fraction of sp³-hybridized carbons (Fsp3) is 0.400. The second kappa shape index (κ2) is 1.78. The molecule has 0 bridgehead atoms. The van der Waals surface area contributed by atoms with Crippen LogP contribution in [0.4, 0.5) is 0 Å². The van der Waals surface area contributed by atoms with Gasteiger partial charge in [-0.05, 0) is 12.5 Å². The lowest BCUT2D eigenvalue weighted by Gasteiger charge is -2.09. The molecule has 0 N–H and O–H groups in total. The van der Waals surface area contributed by atoms with E-state index in [0.717, 1.165) is 18.6 Å². The van der Waals surface area contributed by atoms with Crippen LogP contribution >= 0.6 is 0 Å². The summed E-state index contributed by atoms with van der Waals surface area (Å²) in [5.74, 6) is 0.815. The van der Waals surface area contributed by atoms with E-state index in [1.165, 1.54) is 0 Å². The predicted molar refractivity (Wildman–Crippen MR) is 24.5 cm³/mol. The first-order valence-electron chi connectivity index (χ1n) is 2.23. The first-order valence-corrected chi connectivity index (χ1v) is 2.23. The van der Waals surface area contributed by atoms with Crippen LogP contribution in [0.2, 0.25) is 0 Å². The summed E-state index contributed by atoms with van der Waals surface area (Å²) in [6, 6.07) is 0. The SMILES string of the molecule is O=COC1=CCC1. The van der Waals surface area contributed by atoms with Gasteiger partial charge >= 0.3 is 0 Å². The number of hydrogen-bond acceptors (Lipinski definition) is 2. The monoisotopic (exact) mass is 98.0 g/mol. The van der Waals surface area contributed by atoms with Gasteiger partial charge in [0.15, 0.2) is 0 Å². The second-order valence-corrected chi connectivity index (χ2v) is 1.42. The molecule has 2 heteroatoms. The van der Waals surface area contributed by atoms with Gasteiger partial charge in [0.1, 0.15) is 5.76 Å². The first kappa shape index (κ1) is 4.37. The molecule has 0 radical (unpaired) electrons. The van der Waals surface area contributed by atoms with E-state index in [2.05, 4.69) is 4.74 Å². The minimum absolute atomic E-state index is 0.463. The third-order valence-electron chi connectivity index (χ3n) is 0.962. The van der Waals surface area contributed by atoms with Gasteiger partial charge in [-0.25, -0.2) is 0 Å². The Morgan fingerprint density at radius 1 is 1.86 bits per heavy atom. The zero-order valence-corrected chi connectivity index (χ0v) is 3.89. The number of rotatable bonds is 2. The molecule has 0 aromatic rings. The lowest BCUT2D eigenvalue weighted by Crippen LogP contribution is -1.96. The minimum atomic E-state index is 0.463. The lowest BCUT2D eigenvalue weighted by molar-refractivity contribution is -0.125. The van der Waals surface area contributed by atoms with Gasteiger partial charge in [-0.15, -0.1) is 0 Å². The highest BCUT2D eigenvalue weighted by atomic mass is 16.5. The predicted octanol–water partition coefficient (Wildman–Crippen LogP) is 0.837. The van der Waals surface area contributed by atoms with Crippen LogP contribution in [0.3, 0.4) is 0 Å². The van der Waals surface area contributed by atoms with E-state index >= 15 is 0 Å². The largest absolute Gasteiger partial charge is 0.434 e. The van der Waals surface area contributed by atoms with E-state index in [-0.39, 0.29) is 0 Å². The van der Waals surface area contributed by atoms with Gasteiger partial charge in [-0.1, -0.05) is 0 Å². The molecule has 1 rings (SSSR count). The van der Waals surface area contributed by atoms with Crippen molar-refractivity contribution in [3.05, 3.63) is 11.8 Å². The van der Waals surface area contributed by atoms with Crippen LogP contribution in [-0.4, -0.2) is 6.47 Å². The number of carbonyl (C=O) groups is 1. The van der Waals surface area contributed by atoms with Gasteiger partial charge in [-0.3, -0.25) is 4.79 Å². The summed E-state index contributed by atoms with van der Waals surface area (Å²) in [6.45, 7) is 0.463. The normalized spacial score (nSPS) is 16.9. The molecule has 0 saturated carbocycles. The van der Waals surface area contributed by atoms with Crippen molar-refractivity contribution in [2.45, 2.75) is 12.8 Å². The Kier molecular flexibility index (Phi) is 1.11. The van der Waals surface area contributed by atoms with E-state index in [9.17, 15) is 4.79 Å². The Morgan fingerprint density at radius 2 is 2.57 bits per heavy atom. The molecule has 0 aromatic carbocycles. The summed E-state index contributed by atoms with van der Waals surface area (Å²) in [4.78, 5) is 9.54. The van der Waals surface area contributed by atoms with Crippen molar-refractivity contribution in [3.8, 4) is 0 Å². The average Bonchev–Trinajstić information content (AvgIpc) is 1.55. The minimum Gasteiger partial charge on any atom is -0.434 e. The van der Waals surface area contributed by atoms with E-state index in [1.54, 1.807) is 0 Å². The molecule has 0 unspecified atom stereocenters. The summed E-state index contributed by atoms with van der Waals surface area (Å²) in [5, 5.41) is 0. The fourth-order valence-electron chi connectivity index (χ4n) is 0.431. The van der Waals surface area contributed by atoms with Gasteiger partial charge in [0.05, 0.1) is 0 Å². The first-order chi connectivity index (χ1) is 3.43. The molecule has 7 heavy (non-hydrogen) atoms. The second-order valence-electron chi connectivity index (χ2n) is 1.42. The van der Waals surface area contributed by atoms with Crippen molar-refractivity contribution in [2.75, 3.05) is 0 Å². The van der Waals surface area contributed by atoms with Crippen LogP contribution in [0.15, 0.2) is 11.8 Å². The maximum atomic E-state index is 9.54. The molecule has 0 aliphatic heterocycles. The van der Waals surface area contributed by atoms with Crippen molar-refractivity contribution in [1.82, 2.24) is 0 Å². The topological polar surface area (TPSA) is 26.3 Å². The van der Waals surface area contributed by atoms with Crippen molar-refractivity contribution in [3.63, 3.8) is 0 Å².